The van der Waals surface area contributed by atoms with Gasteiger partial charge in [0.25, 0.3) is 0 Å². The Kier molecular flexibility index (Phi) is 4.17. The van der Waals surface area contributed by atoms with Crippen LogP contribution in [0.15, 0.2) is 30.6 Å². The SMILES string of the molecule is Cn1nnc2nc(N3CCOCc4c(C#CC5(C)CC5)cccc43)c3c(F)cncc3c21. The van der Waals surface area contributed by atoms with E-state index in [4.69, 9.17) is 9.72 Å². The Balaban J connectivity index is 1.59. The lowest BCUT2D eigenvalue weighted by atomic mass is 10.0. The second-order valence-electron chi connectivity index (χ2n) is 8.68. The number of hydrogen-bond acceptors (Lipinski definition) is 6. The highest BCUT2D eigenvalue weighted by Gasteiger charge is 2.35. The third-order valence-corrected chi connectivity index (χ3v) is 6.30. The molecule has 1 aliphatic heterocycles. The topological polar surface area (TPSA) is 69.0 Å². The molecule has 4 aromatic rings. The van der Waals surface area contributed by atoms with Gasteiger partial charge in [0.05, 0.1) is 24.8 Å². The average molecular weight is 428 g/mol. The summed E-state index contributed by atoms with van der Waals surface area (Å²) in [5.74, 6) is 6.83. The van der Waals surface area contributed by atoms with E-state index in [-0.39, 0.29) is 5.41 Å². The van der Waals surface area contributed by atoms with Crippen molar-refractivity contribution in [2.75, 3.05) is 18.1 Å². The van der Waals surface area contributed by atoms with E-state index in [2.05, 4.69) is 34.1 Å². The van der Waals surface area contributed by atoms with Gasteiger partial charge >= 0.3 is 0 Å². The van der Waals surface area contributed by atoms with E-state index >= 15 is 4.39 Å². The van der Waals surface area contributed by atoms with Crippen molar-refractivity contribution in [2.24, 2.45) is 12.5 Å². The monoisotopic (exact) mass is 428 g/mol. The lowest BCUT2D eigenvalue weighted by molar-refractivity contribution is 0.133. The molecule has 1 saturated carbocycles. The van der Waals surface area contributed by atoms with Gasteiger partial charge in [-0.05, 0) is 31.9 Å². The van der Waals surface area contributed by atoms with Crippen molar-refractivity contribution in [3.05, 3.63) is 47.5 Å². The standard InChI is InChI=1S/C24H21FN6O/c1-24(8-9-24)7-6-15-4-3-5-19-17(15)14-32-11-10-31(19)23-20-16(12-26-13-18(20)25)21-22(27-23)28-29-30(21)2/h3-5,12-13H,8-11,14H2,1-2H3. The molecule has 7 nitrogen and oxygen atoms in total. The first-order chi connectivity index (χ1) is 15.5. The Labute approximate surface area is 184 Å². The Bertz CT molecular complexity index is 1450. The summed E-state index contributed by atoms with van der Waals surface area (Å²) in [5.41, 5.74) is 4.08. The van der Waals surface area contributed by atoms with Crippen LogP contribution in [0, 0.1) is 23.1 Å². The third kappa shape index (κ3) is 3.00. The van der Waals surface area contributed by atoms with Gasteiger partial charge in [-0.3, -0.25) is 4.98 Å². The van der Waals surface area contributed by atoms with E-state index in [0.29, 0.717) is 47.5 Å². The molecular weight excluding hydrogens is 407 g/mol. The number of hydrogen-bond donors (Lipinski definition) is 0. The number of rotatable bonds is 1. The minimum absolute atomic E-state index is 0.124. The van der Waals surface area contributed by atoms with Gasteiger partial charge in [0.15, 0.2) is 5.82 Å². The van der Waals surface area contributed by atoms with Crippen LogP contribution in [0.3, 0.4) is 0 Å². The van der Waals surface area contributed by atoms with Crippen molar-refractivity contribution in [2.45, 2.75) is 26.4 Å². The molecule has 32 heavy (non-hydrogen) atoms. The van der Waals surface area contributed by atoms with Crippen LogP contribution in [-0.2, 0) is 18.4 Å². The lowest BCUT2D eigenvalue weighted by Crippen LogP contribution is -2.22. The molecule has 0 bridgehead atoms. The first kappa shape index (κ1) is 19.1. The van der Waals surface area contributed by atoms with Crippen LogP contribution in [0.25, 0.3) is 21.9 Å². The number of benzene rings is 1. The Hall–Kier alpha value is -3.57. The van der Waals surface area contributed by atoms with Crippen LogP contribution in [0.5, 0.6) is 0 Å². The van der Waals surface area contributed by atoms with Crippen molar-refractivity contribution in [1.82, 2.24) is 25.0 Å². The number of halogens is 1. The molecule has 0 spiro atoms. The summed E-state index contributed by atoms with van der Waals surface area (Å²) in [5, 5.41) is 9.29. The van der Waals surface area contributed by atoms with Crippen molar-refractivity contribution < 1.29 is 9.13 Å². The van der Waals surface area contributed by atoms with Gasteiger partial charge in [-0.15, -0.1) is 5.10 Å². The smallest absolute Gasteiger partial charge is 0.204 e. The minimum Gasteiger partial charge on any atom is -0.375 e. The van der Waals surface area contributed by atoms with E-state index in [1.165, 1.54) is 6.20 Å². The fraction of sp³-hybridized carbons (Fsp3) is 0.333. The predicted molar refractivity (Wildman–Crippen MR) is 119 cm³/mol. The van der Waals surface area contributed by atoms with E-state index in [1.54, 1.807) is 17.9 Å². The van der Waals surface area contributed by atoms with Crippen molar-refractivity contribution in [3.63, 3.8) is 0 Å². The maximum absolute atomic E-state index is 15.2. The first-order valence-corrected chi connectivity index (χ1v) is 10.7. The predicted octanol–water partition coefficient (Wildman–Crippen LogP) is 3.87. The highest BCUT2D eigenvalue weighted by atomic mass is 19.1. The Morgan fingerprint density at radius 2 is 2.09 bits per heavy atom. The molecule has 0 amide bonds. The Morgan fingerprint density at radius 3 is 2.94 bits per heavy atom. The maximum atomic E-state index is 15.2. The largest absolute Gasteiger partial charge is 0.375 e. The summed E-state index contributed by atoms with van der Waals surface area (Å²) < 4.78 is 22.7. The summed E-state index contributed by atoms with van der Waals surface area (Å²) in [4.78, 5) is 10.8. The highest BCUT2D eigenvalue weighted by molar-refractivity contribution is 6.08. The van der Waals surface area contributed by atoms with Gasteiger partial charge in [0.2, 0.25) is 5.65 Å². The minimum atomic E-state index is -0.433. The maximum Gasteiger partial charge on any atom is 0.204 e. The molecule has 1 fully saturated rings. The van der Waals surface area contributed by atoms with Gasteiger partial charge in [-0.25, -0.2) is 14.1 Å². The van der Waals surface area contributed by atoms with Gasteiger partial charge in [-0.2, -0.15) is 0 Å². The first-order valence-electron chi connectivity index (χ1n) is 10.7. The molecule has 1 aliphatic carbocycles. The summed E-state index contributed by atoms with van der Waals surface area (Å²) in [6.07, 6.45) is 5.14. The molecular formula is C24H21FN6O. The van der Waals surface area contributed by atoms with Crippen LogP contribution in [-0.4, -0.2) is 38.1 Å². The molecule has 0 unspecified atom stereocenters. The fourth-order valence-electron chi connectivity index (χ4n) is 4.21. The second-order valence-corrected chi connectivity index (χ2v) is 8.68. The number of ether oxygens (including phenoxy) is 1. The van der Waals surface area contributed by atoms with Gasteiger partial charge < -0.3 is 9.64 Å². The van der Waals surface area contributed by atoms with Crippen LogP contribution in [0.2, 0.25) is 0 Å². The molecule has 0 saturated heterocycles. The quantitative estimate of drug-likeness (QED) is 0.429. The van der Waals surface area contributed by atoms with Crippen LogP contribution < -0.4 is 4.90 Å². The summed E-state index contributed by atoms with van der Waals surface area (Å²) in [6.45, 7) is 3.64. The zero-order chi connectivity index (χ0) is 21.9. The molecule has 6 rings (SSSR count). The molecule has 2 aliphatic rings. The molecule has 8 heteroatoms. The van der Waals surface area contributed by atoms with E-state index in [1.807, 2.05) is 23.1 Å². The number of fused-ring (bicyclic) bond motifs is 4. The molecule has 0 atom stereocenters. The van der Waals surface area contributed by atoms with Crippen LogP contribution >= 0.6 is 0 Å². The van der Waals surface area contributed by atoms with E-state index in [9.17, 15) is 0 Å². The van der Waals surface area contributed by atoms with Crippen molar-refractivity contribution in [1.29, 1.82) is 0 Å². The average Bonchev–Trinajstić information content (AvgIpc) is 3.47. The second kappa shape index (κ2) is 6.97. The molecule has 0 N–H and O–H groups in total. The van der Waals surface area contributed by atoms with Crippen LogP contribution in [0.4, 0.5) is 15.9 Å². The summed E-state index contributed by atoms with van der Waals surface area (Å²) in [6, 6.07) is 6.02. The Morgan fingerprint density at radius 1 is 1.22 bits per heavy atom. The zero-order valence-corrected chi connectivity index (χ0v) is 17.9. The van der Waals surface area contributed by atoms with Gasteiger partial charge in [0, 0.05) is 47.4 Å². The molecule has 0 radical (unpaired) electrons. The van der Waals surface area contributed by atoms with Gasteiger partial charge in [0.1, 0.15) is 11.3 Å². The van der Waals surface area contributed by atoms with Gasteiger partial charge in [-0.1, -0.05) is 23.1 Å². The molecule has 1 aromatic carbocycles. The van der Waals surface area contributed by atoms with E-state index in [0.717, 1.165) is 29.7 Å². The third-order valence-electron chi connectivity index (χ3n) is 6.30. The summed E-state index contributed by atoms with van der Waals surface area (Å²) in [7, 11) is 1.77. The highest BCUT2D eigenvalue weighted by Crippen LogP contribution is 2.44. The van der Waals surface area contributed by atoms with Crippen molar-refractivity contribution in [3.8, 4) is 11.8 Å². The normalized spacial score (nSPS) is 17.0. The number of aromatic nitrogens is 5. The number of pyridine rings is 2. The molecule has 3 aromatic heterocycles. The summed E-state index contributed by atoms with van der Waals surface area (Å²) >= 11 is 0. The van der Waals surface area contributed by atoms with Crippen LogP contribution in [0.1, 0.15) is 30.9 Å². The van der Waals surface area contributed by atoms with Crippen molar-refractivity contribution >= 4 is 33.4 Å². The lowest BCUT2D eigenvalue weighted by Gasteiger charge is -2.25. The zero-order valence-electron chi connectivity index (χ0n) is 17.9. The number of aryl methyl sites for hydroxylation is 1. The number of anilines is 2. The number of nitrogens with zero attached hydrogens (tertiary/aromatic N) is 6. The van der Waals surface area contributed by atoms with E-state index < -0.39 is 5.82 Å². The molecule has 160 valence electrons. The fourth-order valence-corrected chi connectivity index (χ4v) is 4.21. The molecule has 4 heterocycles.